The number of aromatic nitrogens is 2. The molecule has 1 aliphatic rings. The normalized spacial score (nSPS) is 20.1. The molecule has 0 N–H and O–H groups in total. The highest BCUT2D eigenvalue weighted by Gasteiger charge is 2.35. The van der Waals surface area contributed by atoms with Gasteiger partial charge in [-0.25, -0.2) is 18.4 Å². The monoisotopic (exact) mass is 367 g/mol. The highest BCUT2D eigenvalue weighted by atomic mass is 32.2. The van der Waals surface area contributed by atoms with Crippen LogP contribution in [0.15, 0.2) is 12.4 Å². The minimum atomic E-state index is -4.49. The van der Waals surface area contributed by atoms with Crippen LogP contribution < -0.4 is 4.74 Å². The van der Waals surface area contributed by atoms with Gasteiger partial charge in [0.15, 0.2) is 0 Å². The van der Waals surface area contributed by atoms with E-state index in [1.807, 2.05) is 6.92 Å². The molecule has 0 aromatic carbocycles. The van der Waals surface area contributed by atoms with Gasteiger partial charge >= 0.3 is 12.2 Å². The zero-order valence-corrected chi connectivity index (χ0v) is 14.1. The van der Waals surface area contributed by atoms with E-state index in [2.05, 4.69) is 9.97 Å². The van der Waals surface area contributed by atoms with Crippen molar-refractivity contribution in [3.05, 3.63) is 18.0 Å². The maximum Gasteiger partial charge on any atom is 0.390 e. The second-order valence-corrected chi connectivity index (χ2v) is 7.74. The van der Waals surface area contributed by atoms with Crippen molar-refractivity contribution in [2.45, 2.75) is 44.9 Å². The SMILES string of the molecule is CCc1cnc(OC2CCCN(S(=O)(=O)CCC(F)(F)F)C2)nc1. The first-order chi connectivity index (χ1) is 11.2. The molecule has 1 atom stereocenters. The van der Waals surface area contributed by atoms with Gasteiger partial charge < -0.3 is 4.74 Å². The smallest absolute Gasteiger partial charge is 0.390 e. The Morgan fingerprint density at radius 2 is 2.00 bits per heavy atom. The number of sulfonamides is 1. The van der Waals surface area contributed by atoms with Crippen LogP contribution >= 0.6 is 0 Å². The van der Waals surface area contributed by atoms with Crippen LogP contribution in [0, 0.1) is 0 Å². The van der Waals surface area contributed by atoms with Gasteiger partial charge in [-0.15, -0.1) is 0 Å². The summed E-state index contributed by atoms with van der Waals surface area (Å²) in [6, 6.07) is 0.145. The van der Waals surface area contributed by atoms with Gasteiger partial charge in [0.2, 0.25) is 10.0 Å². The second kappa shape index (κ2) is 7.64. The van der Waals surface area contributed by atoms with Crippen LogP contribution in [-0.4, -0.2) is 53.8 Å². The van der Waals surface area contributed by atoms with Crippen LogP contribution in [0.5, 0.6) is 6.01 Å². The standard InChI is InChI=1S/C14H20F3N3O3S/c1-2-11-8-18-13(19-9-11)23-12-4-3-6-20(10-12)24(21,22)7-5-14(15,16)17/h8-9,12H,2-7,10H2,1H3. The minimum absolute atomic E-state index is 0.0130. The summed E-state index contributed by atoms with van der Waals surface area (Å²) in [6.07, 6.45) is -1.15. The molecule has 24 heavy (non-hydrogen) atoms. The molecule has 1 aromatic heterocycles. The van der Waals surface area contributed by atoms with Crippen LogP contribution in [0.4, 0.5) is 13.2 Å². The Hall–Kier alpha value is -1.42. The van der Waals surface area contributed by atoms with E-state index in [9.17, 15) is 21.6 Å². The summed E-state index contributed by atoms with van der Waals surface area (Å²) in [6.45, 7) is 2.18. The number of halogens is 3. The summed E-state index contributed by atoms with van der Waals surface area (Å²) in [5, 5.41) is 0. The highest BCUT2D eigenvalue weighted by Crippen LogP contribution is 2.23. The van der Waals surface area contributed by atoms with Crippen molar-refractivity contribution in [1.29, 1.82) is 0 Å². The first-order valence-electron chi connectivity index (χ1n) is 7.72. The molecule has 1 saturated heterocycles. The summed E-state index contributed by atoms with van der Waals surface area (Å²) >= 11 is 0. The molecular formula is C14H20F3N3O3S. The summed E-state index contributed by atoms with van der Waals surface area (Å²) in [5.41, 5.74) is 0.947. The molecule has 10 heteroatoms. The van der Waals surface area contributed by atoms with Crippen molar-refractivity contribution in [2.75, 3.05) is 18.8 Å². The summed E-state index contributed by atoms with van der Waals surface area (Å²) < 4.78 is 67.5. The van der Waals surface area contributed by atoms with Crippen molar-refractivity contribution in [3.8, 4) is 6.01 Å². The number of piperidine rings is 1. The zero-order chi connectivity index (χ0) is 17.8. The number of nitrogens with zero attached hydrogens (tertiary/aromatic N) is 3. The van der Waals surface area contributed by atoms with Gasteiger partial charge in [-0.05, 0) is 24.8 Å². The summed E-state index contributed by atoms with van der Waals surface area (Å²) in [7, 11) is -3.96. The van der Waals surface area contributed by atoms with Crippen LogP contribution in [0.2, 0.25) is 0 Å². The fourth-order valence-electron chi connectivity index (χ4n) is 2.36. The average Bonchev–Trinajstić information content (AvgIpc) is 2.53. The van der Waals surface area contributed by atoms with E-state index >= 15 is 0 Å². The molecule has 6 nitrogen and oxygen atoms in total. The lowest BCUT2D eigenvalue weighted by Gasteiger charge is -2.31. The lowest BCUT2D eigenvalue weighted by molar-refractivity contribution is -0.130. The van der Waals surface area contributed by atoms with E-state index in [4.69, 9.17) is 4.74 Å². The van der Waals surface area contributed by atoms with Gasteiger partial charge in [0.25, 0.3) is 0 Å². The molecule has 1 aromatic rings. The Morgan fingerprint density at radius 1 is 1.33 bits per heavy atom. The first kappa shape index (κ1) is 18.9. The number of aryl methyl sites for hydroxylation is 1. The van der Waals surface area contributed by atoms with Gasteiger partial charge in [0.05, 0.1) is 18.7 Å². The van der Waals surface area contributed by atoms with E-state index in [0.29, 0.717) is 12.8 Å². The van der Waals surface area contributed by atoms with Gasteiger partial charge in [-0.1, -0.05) is 6.92 Å². The number of alkyl halides is 3. The van der Waals surface area contributed by atoms with E-state index in [1.54, 1.807) is 12.4 Å². The van der Waals surface area contributed by atoms with Crippen LogP contribution in [0.25, 0.3) is 0 Å². The summed E-state index contributed by atoms with van der Waals surface area (Å²) in [5.74, 6) is -0.940. The third-order valence-electron chi connectivity index (χ3n) is 3.74. The lowest BCUT2D eigenvalue weighted by Crippen LogP contribution is -2.45. The predicted molar refractivity (Wildman–Crippen MR) is 81.1 cm³/mol. The van der Waals surface area contributed by atoms with Crippen molar-refractivity contribution in [2.24, 2.45) is 0 Å². The molecule has 0 spiro atoms. The quantitative estimate of drug-likeness (QED) is 0.770. The molecule has 2 heterocycles. The topological polar surface area (TPSA) is 72.4 Å². The highest BCUT2D eigenvalue weighted by molar-refractivity contribution is 7.89. The third kappa shape index (κ3) is 5.59. The molecule has 0 aliphatic carbocycles. The molecule has 136 valence electrons. The molecule has 0 radical (unpaired) electrons. The fourth-order valence-corrected chi connectivity index (χ4v) is 3.91. The van der Waals surface area contributed by atoms with Crippen molar-refractivity contribution < 1.29 is 26.3 Å². The Labute approximate surface area is 139 Å². The Morgan fingerprint density at radius 3 is 2.58 bits per heavy atom. The molecular weight excluding hydrogens is 347 g/mol. The number of hydrogen-bond donors (Lipinski definition) is 0. The van der Waals surface area contributed by atoms with Crippen molar-refractivity contribution in [3.63, 3.8) is 0 Å². The Bertz CT molecular complexity index is 635. The largest absolute Gasteiger partial charge is 0.459 e. The zero-order valence-electron chi connectivity index (χ0n) is 13.3. The number of rotatable bonds is 6. The lowest BCUT2D eigenvalue weighted by atomic mass is 10.1. The molecule has 0 bridgehead atoms. The maximum atomic E-state index is 12.3. The third-order valence-corrected chi connectivity index (χ3v) is 5.58. The summed E-state index contributed by atoms with van der Waals surface area (Å²) in [4.78, 5) is 8.10. The fraction of sp³-hybridized carbons (Fsp3) is 0.714. The minimum Gasteiger partial charge on any atom is -0.459 e. The van der Waals surface area contributed by atoms with Crippen molar-refractivity contribution >= 4 is 10.0 Å². The number of ether oxygens (including phenoxy) is 1. The molecule has 1 aliphatic heterocycles. The Balaban J connectivity index is 1.95. The molecule has 0 saturated carbocycles. The van der Waals surface area contributed by atoms with E-state index < -0.39 is 34.5 Å². The average molecular weight is 367 g/mol. The Kier molecular flexibility index (Phi) is 6.02. The first-order valence-corrected chi connectivity index (χ1v) is 9.32. The maximum absolute atomic E-state index is 12.3. The molecule has 1 fully saturated rings. The number of hydrogen-bond acceptors (Lipinski definition) is 5. The van der Waals surface area contributed by atoms with E-state index in [1.165, 1.54) is 0 Å². The van der Waals surface area contributed by atoms with E-state index in [0.717, 1.165) is 16.3 Å². The second-order valence-electron chi connectivity index (χ2n) is 5.65. The predicted octanol–water partition coefficient (Wildman–Crippen LogP) is 2.16. The molecule has 1 unspecified atom stereocenters. The van der Waals surface area contributed by atoms with Crippen LogP contribution in [-0.2, 0) is 16.4 Å². The van der Waals surface area contributed by atoms with Gasteiger partial charge in [0, 0.05) is 18.9 Å². The molecule has 0 amide bonds. The van der Waals surface area contributed by atoms with Gasteiger partial charge in [0.1, 0.15) is 6.10 Å². The van der Waals surface area contributed by atoms with Crippen LogP contribution in [0.1, 0.15) is 31.7 Å². The van der Waals surface area contributed by atoms with Crippen molar-refractivity contribution in [1.82, 2.24) is 14.3 Å². The van der Waals surface area contributed by atoms with Crippen LogP contribution in [0.3, 0.4) is 0 Å². The van der Waals surface area contributed by atoms with E-state index in [-0.39, 0.29) is 19.1 Å². The van der Waals surface area contributed by atoms with Gasteiger partial charge in [-0.2, -0.15) is 17.5 Å². The molecule has 2 rings (SSSR count). The van der Waals surface area contributed by atoms with Gasteiger partial charge in [-0.3, -0.25) is 0 Å².